The number of hydrogen-bond acceptors (Lipinski definition) is 6. The lowest BCUT2D eigenvalue weighted by Gasteiger charge is -2.11. The van der Waals surface area contributed by atoms with Gasteiger partial charge in [-0.25, -0.2) is 9.50 Å². The van der Waals surface area contributed by atoms with Gasteiger partial charge in [-0.05, 0) is 37.5 Å². The Kier molecular flexibility index (Phi) is 4.80. The zero-order valence-electron chi connectivity index (χ0n) is 16.2. The maximum atomic E-state index is 12.3. The third-order valence-corrected chi connectivity index (χ3v) is 5.12. The number of anilines is 2. The predicted molar refractivity (Wildman–Crippen MR) is 108 cm³/mol. The average Bonchev–Trinajstić information content (AvgIpc) is 3.29. The maximum absolute atomic E-state index is 12.3. The van der Waals surface area contributed by atoms with E-state index in [1.54, 1.807) is 41.0 Å². The first-order valence-corrected chi connectivity index (χ1v) is 9.98. The van der Waals surface area contributed by atoms with Crippen LogP contribution in [0, 0.1) is 11.8 Å². The first-order chi connectivity index (χ1) is 14.6. The number of hydrogen-bond donors (Lipinski definition) is 2. The molecule has 0 spiro atoms. The Bertz CT molecular complexity index is 1100. The van der Waals surface area contributed by atoms with Gasteiger partial charge in [0.1, 0.15) is 5.75 Å². The van der Waals surface area contributed by atoms with E-state index in [9.17, 15) is 9.59 Å². The number of amides is 2. The number of carbonyl (C=O) groups is 2. The van der Waals surface area contributed by atoms with Gasteiger partial charge in [0.15, 0.2) is 11.5 Å². The van der Waals surface area contributed by atoms with E-state index in [4.69, 9.17) is 9.47 Å². The molecule has 1 aromatic carbocycles. The smallest absolute Gasteiger partial charge is 0.237 e. The normalized spacial score (nSPS) is 18.3. The standard InChI is InChI=1S/C21H21N5O4/c27-20(13-4-5-13)24-17-11-26-18(23-17)6-7-19(25-26)30-16-3-1-2-15(10-16)22-21(28)14-8-9-29-12-14/h1-3,6-7,10-11,13-14H,4-5,8-9,12H2,(H,22,28)(H,24,27). The molecule has 1 saturated heterocycles. The van der Waals surface area contributed by atoms with E-state index >= 15 is 0 Å². The Hall–Kier alpha value is -3.46. The van der Waals surface area contributed by atoms with Crippen molar-refractivity contribution in [3.05, 3.63) is 42.6 Å². The summed E-state index contributed by atoms with van der Waals surface area (Å²) in [5.74, 6) is 1.32. The molecule has 5 rings (SSSR count). The van der Waals surface area contributed by atoms with Crippen LogP contribution in [0.3, 0.4) is 0 Å². The molecule has 2 aliphatic rings. The van der Waals surface area contributed by atoms with E-state index in [0.29, 0.717) is 42.0 Å². The van der Waals surface area contributed by atoms with Crippen LogP contribution >= 0.6 is 0 Å². The van der Waals surface area contributed by atoms with Crippen molar-refractivity contribution in [3.63, 3.8) is 0 Å². The molecule has 1 unspecified atom stereocenters. The summed E-state index contributed by atoms with van der Waals surface area (Å²) >= 11 is 0. The number of fused-ring (bicyclic) bond motifs is 1. The summed E-state index contributed by atoms with van der Waals surface area (Å²) in [6.45, 7) is 1.08. The molecule has 154 valence electrons. The minimum absolute atomic E-state index is 0.00194. The second-order valence-corrected chi connectivity index (χ2v) is 7.54. The predicted octanol–water partition coefficient (Wildman–Crippen LogP) is 2.85. The minimum atomic E-state index is -0.116. The van der Waals surface area contributed by atoms with Crippen LogP contribution in [-0.4, -0.2) is 39.6 Å². The highest BCUT2D eigenvalue weighted by Crippen LogP contribution is 2.30. The largest absolute Gasteiger partial charge is 0.438 e. The van der Waals surface area contributed by atoms with Gasteiger partial charge in [0.05, 0.1) is 18.7 Å². The Balaban J connectivity index is 1.27. The summed E-state index contributed by atoms with van der Waals surface area (Å²) in [7, 11) is 0. The highest BCUT2D eigenvalue weighted by atomic mass is 16.5. The Morgan fingerprint density at radius 2 is 1.93 bits per heavy atom. The van der Waals surface area contributed by atoms with Crippen molar-refractivity contribution >= 4 is 29.0 Å². The molecule has 1 saturated carbocycles. The van der Waals surface area contributed by atoms with Crippen LogP contribution in [0.5, 0.6) is 11.6 Å². The monoisotopic (exact) mass is 407 g/mol. The first-order valence-electron chi connectivity index (χ1n) is 9.98. The summed E-state index contributed by atoms with van der Waals surface area (Å²) in [6.07, 6.45) is 4.26. The maximum Gasteiger partial charge on any atom is 0.237 e. The second kappa shape index (κ2) is 7.75. The molecule has 3 aromatic rings. The topological polar surface area (TPSA) is 107 Å². The van der Waals surface area contributed by atoms with Gasteiger partial charge in [-0.3, -0.25) is 9.59 Å². The van der Waals surface area contributed by atoms with Gasteiger partial charge in [0.25, 0.3) is 0 Å². The molecule has 2 fully saturated rings. The summed E-state index contributed by atoms with van der Waals surface area (Å²) in [5.41, 5.74) is 1.26. The average molecular weight is 407 g/mol. The zero-order valence-corrected chi connectivity index (χ0v) is 16.2. The van der Waals surface area contributed by atoms with Crippen molar-refractivity contribution < 1.29 is 19.1 Å². The van der Waals surface area contributed by atoms with Gasteiger partial charge in [0.2, 0.25) is 17.7 Å². The second-order valence-electron chi connectivity index (χ2n) is 7.54. The number of rotatable bonds is 6. The quantitative estimate of drug-likeness (QED) is 0.651. The van der Waals surface area contributed by atoms with Gasteiger partial charge in [0, 0.05) is 30.3 Å². The molecule has 9 nitrogen and oxygen atoms in total. The first kappa shape index (κ1) is 18.6. The number of imidazole rings is 1. The number of nitrogens with one attached hydrogen (secondary N) is 2. The molecular formula is C21H21N5O4. The Labute approximate surface area is 172 Å². The van der Waals surface area contributed by atoms with Crippen molar-refractivity contribution in [1.29, 1.82) is 0 Å². The number of ether oxygens (including phenoxy) is 2. The number of benzene rings is 1. The molecule has 0 radical (unpaired) electrons. The molecular weight excluding hydrogens is 386 g/mol. The lowest BCUT2D eigenvalue weighted by molar-refractivity contribution is -0.120. The van der Waals surface area contributed by atoms with E-state index in [0.717, 1.165) is 19.3 Å². The third kappa shape index (κ3) is 4.11. The molecule has 2 aromatic heterocycles. The van der Waals surface area contributed by atoms with Crippen molar-refractivity contribution in [3.8, 4) is 11.6 Å². The molecule has 3 heterocycles. The third-order valence-electron chi connectivity index (χ3n) is 5.12. The molecule has 0 bridgehead atoms. The van der Waals surface area contributed by atoms with Gasteiger partial charge in [-0.15, -0.1) is 5.10 Å². The summed E-state index contributed by atoms with van der Waals surface area (Å²) < 4.78 is 12.7. The SMILES string of the molecule is O=C(Nc1cccc(Oc2ccc3nc(NC(=O)C4CC4)cn3n2)c1)C1CCOC1. The minimum Gasteiger partial charge on any atom is -0.438 e. The Morgan fingerprint density at radius 1 is 1.07 bits per heavy atom. The highest BCUT2D eigenvalue weighted by molar-refractivity contribution is 5.93. The van der Waals surface area contributed by atoms with E-state index in [1.165, 1.54) is 0 Å². The van der Waals surface area contributed by atoms with Crippen molar-refractivity contribution in [2.75, 3.05) is 23.8 Å². The molecule has 2 N–H and O–H groups in total. The van der Waals surface area contributed by atoms with Crippen LogP contribution in [0.25, 0.3) is 5.65 Å². The number of carbonyl (C=O) groups excluding carboxylic acids is 2. The molecule has 1 aliphatic carbocycles. The van der Waals surface area contributed by atoms with E-state index in [-0.39, 0.29) is 23.7 Å². The molecule has 9 heteroatoms. The van der Waals surface area contributed by atoms with Crippen LogP contribution in [0.15, 0.2) is 42.6 Å². The number of aromatic nitrogens is 3. The van der Waals surface area contributed by atoms with Gasteiger partial charge in [-0.2, -0.15) is 0 Å². The van der Waals surface area contributed by atoms with Gasteiger partial charge in [-0.1, -0.05) is 6.07 Å². The highest BCUT2D eigenvalue weighted by Gasteiger charge is 2.30. The summed E-state index contributed by atoms with van der Waals surface area (Å²) in [4.78, 5) is 28.5. The lowest BCUT2D eigenvalue weighted by Crippen LogP contribution is -2.22. The molecule has 2 amide bonds. The van der Waals surface area contributed by atoms with E-state index < -0.39 is 0 Å². The molecule has 30 heavy (non-hydrogen) atoms. The summed E-state index contributed by atoms with van der Waals surface area (Å²) in [6, 6.07) is 10.6. The van der Waals surface area contributed by atoms with E-state index in [1.807, 2.05) is 6.07 Å². The van der Waals surface area contributed by atoms with Crippen LogP contribution in [-0.2, 0) is 14.3 Å². The van der Waals surface area contributed by atoms with Gasteiger partial charge < -0.3 is 20.1 Å². The van der Waals surface area contributed by atoms with Crippen LogP contribution < -0.4 is 15.4 Å². The van der Waals surface area contributed by atoms with Crippen molar-refractivity contribution in [2.45, 2.75) is 19.3 Å². The summed E-state index contributed by atoms with van der Waals surface area (Å²) in [5, 5.41) is 10.1. The molecule has 1 aliphatic heterocycles. The van der Waals surface area contributed by atoms with Gasteiger partial charge >= 0.3 is 0 Å². The lowest BCUT2D eigenvalue weighted by atomic mass is 10.1. The van der Waals surface area contributed by atoms with Crippen LogP contribution in [0.2, 0.25) is 0 Å². The fourth-order valence-corrected chi connectivity index (χ4v) is 3.30. The van der Waals surface area contributed by atoms with Crippen molar-refractivity contribution in [2.24, 2.45) is 11.8 Å². The Morgan fingerprint density at radius 3 is 2.73 bits per heavy atom. The number of nitrogens with zero attached hydrogens (tertiary/aromatic N) is 3. The van der Waals surface area contributed by atoms with E-state index in [2.05, 4.69) is 20.7 Å². The zero-order chi connectivity index (χ0) is 20.5. The van der Waals surface area contributed by atoms with Crippen LogP contribution in [0.4, 0.5) is 11.5 Å². The van der Waals surface area contributed by atoms with Crippen molar-refractivity contribution in [1.82, 2.24) is 14.6 Å². The fraction of sp³-hybridized carbons (Fsp3) is 0.333. The fourth-order valence-electron chi connectivity index (χ4n) is 3.30. The molecule has 1 atom stereocenters. The van der Waals surface area contributed by atoms with Crippen LogP contribution in [0.1, 0.15) is 19.3 Å².